The molecular formula is C9H14N4O4. The van der Waals surface area contributed by atoms with E-state index in [1.807, 2.05) is 0 Å². The normalized spacial score (nSPS) is 20.4. The molecule has 17 heavy (non-hydrogen) atoms. The van der Waals surface area contributed by atoms with Gasteiger partial charge in [0, 0.05) is 6.54 Å². The van der Waals surface area contributed by atoms with Crippen LogP contribution in [0.15, 0.2) is 0 Å². The summed E-state index contributed by atoms with van der Waals surface area (Å²) in [7, 11) is 0. The van der Waals surface area contributed by atoms with E-state index in [1.165, 1.54) is 0 Å². The standard InChI is InChI=1S/C9H14N4O4/c1-2-3-13-8(16)6(11-4-5(14)15)7(10)12-9(13)17/h6,11H,2-4H2,1H3,(H,14,15)(H2,10,12,17). The topological polar surface area (TPSA) is 123 Å². The second-order valence-electron chi connectivity index (χ2n) is 3.54. The first kappa shape index (κ1) is 13.1. The van der Waals surface area contributed by atoms with Gasteiger partial charge in [0.2, 0.25) is 0 Å². The molecule has 94 valence electrons. The maximum absolute atomic E-state index is 11.8. The molecule has 8 nitrogen and oxygen atoms in total. The lowest BCUT2D eigenvalue weighted by molar-refractivity contribution is -0.136. The smallest absolute Gasteiger partial charge is 0.329 e. The Morgan fingerprint density at radius 2 is 2.24 bits per heavy atom. The molecule has 1 saturated heterocycles. The molecule has 0 radical (unpaired) electrons. The van der Waals surface area contributed by atoms with E-state index in [9.17, 15) is 14.4 Å². The Balaban J connectivity index is 2.75. The van der Waals surface area contributed by atoms with Gasteiger partial charge in [0.15, 0.2) is 0 Å². The average molecular weight is 242 g/mol. The number of urea groups is 1. The number of carboxylic acid groups (broad SMARTS) is 1. The number of aliphatic carboxylic acids is 1. The Kier molecular flexibility index (Phi) is 4.16. The lowest BCUT2D eigenvalue weighted by atomic mass is 10.2. The van der Waals surface area contributed by atoms with Crippen molar-refractivity contribution in [3.63, 3.8) is 0 Å². The molecule has 3 amide bonds. The second kappa shape index (κ2) is 5.39. The molecule has 1 fully saturated rings. The van der Waals surface area contributed by atoms with E-state index in [1.54, 1.807) is 6.92 Å². The number of rotatable bonds is 5. The van der Waals surface area contributed by atoms with Crippen molar-refractivity contribution in [1.82, 2.24) is 15.5 Å². The van der Waals surface area contributed by atoms with Crippen molar-refractivity contribution in [3.8, 4) is 0 Å². The predicted molar refractivity (Wildman–Crippen MR) is 57.7 cm³/mol. The van der Waals surface area contributed by atoms with E-state index in [4.69, 9.17) is 10.5 Å². The minimum Gasteiger partial charge on any atom is -0.480 e. The number of hydrogen-bond acceptors (Lipinski definition) is 5. The van der Waals surface area contributed by atoms with Gasteiger partial charge in [0.25, 0.3) is 5.91 Å². The van der Waals surface area contributed by atoms with Crippen molar-refractivity contribution in [2.75, 3.05) is 13.1 Å². The number of imide groups is 1. The van der Waals surface area contributed by atoms with Gasteiger partial charge in [0.1, 0.15) is 11.9 Å². The van der Waals surface area contributed by atoms with Crippen LogP contribution in [-0.4, -0.2) is 52.9 Å². The van der Waals surface area contributed by atoms with Gasteiger partial charge < -0.3 is 5.11 Å². The Labute approximate surface area is 97.5 Å². The number of amidine groups is 1. The molecule has 0 aromatic rings. The second-order valence-corrected chi connectivity index (χ2v) is 3.54. The highest BCUT2D eigenvalue weighted by molar-refractivity contribution is 6.19. The number of carbonyl (C=O) groups excluding carboxylic acids is 2. The molecule has 0 aromatic heterocycles. The summed E-state index contributed by atoms with van der Waals surface area (Å²) in [5.74, 6) is -2.06. The summed E-state index contributed by atoms with van der Waals surface area (Å²) in [6, 6.07) is -1.74. The number of carbonyl (C=O) groups is 3. The first-order chi connectivity index (χ1) is 7.97. The summed E-state index contributed by atoms with van der Waals surface area (Å²) in [5, 5.41) is 20.5. The molecule has 0 aromatic carbocycles. The third-order valence-electron chi connectivity index (χ3n) is 2.19. The van der Waals surface area contributed by atoms with Gasteiger partial charge in [-0.3, -0.25) is 30.5 Å². The third-order valence-corrected chi connectivity index (χ3v) is 2.19. The molecule has 0 bridgehead atoms. The van der Waals surface area contributed by atoms with Crippen molar-refractivity contribution in [2.45, 2.75) is 19.4 Å². The highest BCUT2D eigenvalue weighted by atomic mass is 16.4. The van der Waals surface area contributed by atoms with Crippen molar-refractivity contribution >= 4 is 23.7 Å². The maximum Gasteiger partial charge on any atom is 0.329 e. The van der Waals surface area contributed by atoms with E-state index in [2.05, 4.69) is 10.6 Å². The third kappa shape index (κ3) is 3.00. The van der Waals surface area contributed by atoms with Crippen LogP contribution in [0.3, 0.4) is 0 Å². The molecule has 1 heterocycles. The number of nitrogens with zero attached hydrogens (tertiary/aromatic N) is 1. The van der Waals surface area contributed by atoms with Crippen LogP contribution in [0, 0.1) is 5.41 Å². The fourth-order valence-electron chi connectivity index (χ4n) is 1.45. The van der Waals surface area contributed by atoms with Crippen LogP contribution in [0.2, 0.25) is 0 Å². The summed E-state index contributed by atoms with van der Waals surface area (Å²) in [4.78, 5) is 34.6. The van der Waals surface area contributed by atoms with Crippen LogP contribution < -0.4 is 10.6 Å². The van der Waals surface area contributed by atoms with Crippen molar-refractivity contribution in [1.29, 1.82) is 5.41 Å². The highest BCUT2D eigenvalue weighted by Crippen LogP contribution is 2.05. The molecule has 0 saturated carbocycles. The highest BCUT2D eigenvalue weighted by Gasteiger charge is 2.37. The molecular weight excluding hydrogens is 228 g/mol. The average Bonchev–Trinajstić information content (AvgIpc) is 2.23. The Morgan fingerprint density at radius 3 is 2.76 bits per heavy atom. The lowest BCUT2D eigenvalue weighted by Crippen LogP contribution is -2.65. The number of nitrogens with one attached hydrogen (secondary N) is 3. The van der Waals surface area contributed by atoms with E-state index in [-0.39, 0.29) is 12.4 Å². The molecule has 1 unspecified atom stereocenters. The van der Waals surface area contributed by atoms with E-state index >= 15 is 0 Å². The van der Waals surface area contributed by atoms with Gasteiger partial charge >= 0.3 is 12.0 Å². The fourth-order valence-corrected chi connectivity index (χ4v) is 1.45. The van der Waals surface area contributed by atoms with Crippen molar-refractivity contribution in [2.24, 2.45) is 0 Å². The van der Waals surface area contributed by atoms with Crippen molar-refractivity contribution in [3.05, 3.63) is 0 Å². The lowest BCUT2D eigenvalue weighted by Gasteiger charge is -2.31. The number of amides is 3. The number of hydrogen-bond donors (Lipinski definition) is 4. The minimum absolute atomic E-state index is 0.239. The number of carboxylic acids is 1. The summed E-state index contributed by atoms with van der Waals surface area (Å²) < 4.78 is 0. The van der Waals surface area contributed by atoms with Crippen LogP contribution in [-0.2, 0) is 9.59 Å². The van der Waals surface area contributed by atoms with E-state index in [0.29, 0.717) is 6.42 Å². The first-order valence-corrected chi connectivity index (χ1v) is 5.13. The van der Waals surface area contributed by atoms with Gasteiger partial charge in [-0.05, 0) is 6.42 Å². The zero-order valence-corrected chi connectivity index (χ0v) is 9.32. The van der Waals surface area contributed by atoms with Crippen LogP contribution in [0.25, 0.3) is 0 Å². The molecule has 1 aliphatic rings. The zero-order valence-electron chi connectivity index (χ0n) is 9.32. The molecule has 8 heteroatoms. The first-order valence-electron chi connectivity index (χ1n) is 5.13. The molecule has 1 aliphatic heterocycles. The quantitative estimate of drug-likeness (QED) is 0.491. The molecule has 0 spiro atoms. The zero-order chi connectivity index (χ0) is 13.0. The summed E-state index contributed by atoms with van der Waals surface area (Å²) >= 11 is 0. The Bertz CT molecular complexity index is 368. The molecule has 4 N–H and O–H groups in total. The fraction of sp³-hybridized carbons (Fsp3) is 0.556. The predicted octanol–water partition coefficient (Wildman–Crippen LogP) is -1.03. The van der Waals surface area contributed by atoms with Gasteiger partial charge in [-0.2, -0.15) is 0 Å². The van der Waals surface area contributed by atoms with Gasteiger partial charge in [-0.15, -0.1) is 0 Å². The van der Waals surface area contributed by atoms with Gasteiger partial charge in [-0.1, -0.05) is 6.92 Å². The van der Waals surface area contributed by atoms with Crippen LogP contribution in [0.5, 0.6) is 0 Å². The Morgan fingerprint density at radius 1 is 1.59 bits per heavy atom. The molecule has 0 aliphatic carbocycles. The van der Waals surface area contributed by atoms with E-state index in [0.717, 1.165) is 4.90 Å². The van der Waals surface area contributed by atoms with Crippen LogP contribution >= 0.6 is 0 Å². The molecule has 1 rings (SSSR count). The minimum atomic E-state index is -1.13. The van der Waals surface area contributed by atoms with E-state index < -0.39 is 30.5 Å². The molecule has 1 atom stereocenters. The monoisotopic (exact) mass is 242 g/mol. The van der Waals surface area contributed by atoms with Gasteiger partial charge in [-0.25, -0.2) is 4.79 Å². The van der Waals surface area contributed by atoms with Gasteiger partial charge in [0.05, 0.1) is 6.54 Å². The summed E-state index contributed by atoms with van der Waals surface area (Å²) in [6.07, 6.45) is 0.595. The summed E-state index contributed by atoms with van der Waals surface area (Å²) in [6.45, 7) is 1.60. The maximum atomic E-state index is 11.8. The Hall–Kier alpha value is -1.96. The summed E-state index contributed by atoms with van der Waals surface area (Å²) in [5.41, 5.74) is 0. The van der Waals surface area contributed by atoms with Crippen LogP contribution in [0.4, 0.5) is 4.79 Å². The largest absolute Gasteiger partial charge is 0.480 e. The van der Waals surface area contributed by atoms with Crippen LogP contribution in [0.1, 0.15) is 13.3 Å². The van der Waals surface area contributed by atoms with Crippen molar-refractivity contribution < 1.29 is 19.5 Å². The SMILES string of the molecule is CCCN1C(=O)NC(=N)C(NCC(=O)O)C1=O.